The number of benzene rings is 1. The Labute approximate surface area is 131 Å². The maximum absolute atomic E-state index is 11.1. The number of hydrogen-bond donors (Lipinski definition) is 1. The van der Waals surface area contributed by atoms with E-state index in [9.17, 15) is 5.11 Å². The van der Waals surface area contributed by atoms with Gasteiger partial charge >= 0.3 is 0 Å². The minimum Gasteiger partial charge on any atom is -0.389 e. The van der Waals surface area contributed by atoms with E-state index in [-0.39, 0.29) is 0 Å². The first-order valence-electron chi connectivity index (χ1n) is 7.99. The summed E-state index contributed by atoms with van der Waals surface area (Å²) in [5.74, 6) is 0. The average molecular weight is 303 g/mol. The van der Waals surface area contributed by atoms with Gasteiger partial charge in [-0.1, -0.05) is 18.2 Å². The van der Waals surface area contributed by atoms with Gasteiger partial charge in [-0.15, -0.1) is 11.3 Å². The van der Waals surface area contributed by atoms with Crippen LogP contribution in [0, 0.1) is 0 Å². The standard InChI is InChI=1S/C18H25NOS/c1-14(2)19-10-5-8-18(20,9-11-19)12-15-13-21-17-7-4-3-6-16(15)17/h3-4,6-7,13-14,20H,5,8-12H2,1-2H3. The summed E-state index contributed by atoms with van der Waals surface area (Å²) in [6.07, 6.45) is 3.69. The molecule has 1 unspecified atom stereocenters. The number of fused-ring (bicyclic) bond motifs is 1. The van der Waals surface area contributed by atoms with Gasteiger partial charge in [0.15, 0.2) is 0 Å². The molecular formula is C18H25NOS. The zero-order valence-corrected chi connectivity index (χ0v) is 13.8. The van der Waals surface area contributed by atoms with Crippen molar-refractivity contribution in [2.45, 2.75) is 51.2 Å². The van der Waals surface area contributed by atoms with Gasteiger partial charge in [-0.2, -0.15) is 0 Å². The third kappa shape index (κ3) is 3.31. The Morgan fingerprint density at radius 1 is 1.24 bits per heavy atom. The largest absolute Gasteiger partial charge is 0.389 e. The highest BCUT2D eigenvalue weighted by atomic mass is 32.1. The van der Waals surface area contributed by atoms with Gasteiger partial charge < -0.3 is 10.0 Å². The number of rotatable bonds is 3. The van der Waals surface area contributed by atoms with Crippen LogP contribution in [-0.2, 0) is 6.42 Å². The molecule has 0 aliphatic carbocycles. The summed E-state index contributed by atoms with van der Waals surface area (Å²) >= 11 is 1.79. The molecule has 1 fully saturated rings. The van der Waals surface area contributed by atoms with Crippen LogP contribution in [0.15, 0.2) is 29.6 Å². The predicted octanol–water partition coefficient (Wildman–Crippen LogP) is 4.07. The van der Waals surface area contributed by atoms with Crippen molar-refractivity contribution in [3.05, 3.63) is 35.2 Å². The van der Waals surface area contributed by atoms with Crippen LogP contribution in [-0.4, -0.2) is 34.7 Å². The molecule has 0 radical (unpaired) electrons. The van der Waals surface area contributed by atoms with Crippen molar-refractivity contribution in [2.24, 2.45) is 0 Å². The van der Waals surface area contributed by atoms with E-state index in [1.165, 1.54) is 15.6 Å². The Morgan fingerprint density at radius 3 is 2.86 bits per heavy atom. The molecule has 1 atom stereocenters. The third-order valence-electron chi connectivity index (χ3n) is 4.76. The monoisotopic (exact) mass is 303 g/mol. The van der Waals surface area contributed by atoms with E-state index >= 15 is 0 Å². The molecule has 3 rings (SSSR count). The number of hydrogen-bond acceptors (Lipinski definition) is 3. The van der Waals surface area contributed by atoms with Gasteiger partial charge in [0.05, 0.1) is 5.60 Å². The maximum Gasteiger partial charge on any atom is 0.0701 e. The van der Waals surface area contributed by atoms with Crippen LogP contribution < -0.4 is 0 Å². The van der Waals surface area contributed by atoms with Gasteiger partial charge in [0, 0.05) is 23.7 Å². The van der Waals surface area contributed by atoms with Crippen molar-refractivity contribution in [3.63, 3.8) is 0 Å². The Hall–Kier alpha value is -0.900. The van der Waals surface area contributed by atoms with E-state index < -0.39 is 5.60 Å². The quantitative estimate of drug-likeness (QED) is 0.924. The molecule has 2 heterocycles. The number of thiophene rings is 1. The Balaban J connectivity index is 1.77. The second-order valence-electron chi connectivity index (χ2n) is 6.64. The average Bonchev–Trinajstić information content (AvgIpc) is 2.74. The molecule has 2 nitrogen and oxygen atoms in total. The molecule has 1 saturated heterocycles. The Bertz CT molecular complexity index is 606. The van der Waals surface area contributed by atoms with Crippen LogP contribution in [0.3, 0.4) is 0 Å². The topological polar surface area (TPSA) is 23.5 Å². The molecule has 21 heavy (non-hydrogen) atoms. The van der Waals surface area contributed by atoms with Crippen molar-refractivity contribution in [3.8, 4) is 0 Å². The fraction of sp³-hybridized carbons (Fsp3) is 0.556. The lowest BCUT2D eigenvalue weighted by atomic mass is 9.87. The van der Waals surface area contributed by atoms with Crippen molar-refractivity contribution >= 4 is 21.4 Å². The van der Waals surface area contributed by atoms with Gasteiger partial charge in [0.25, 0.3) is 0 Å². The lowest BCUT2D eigenvalue weighted by Crippen LogP contribution is -2.35. The van der Waals surface area contributed by atoms with Crippen LogP contribution in [0.2, 0.25) is 0 Å². The Kier molecular flexibility index (Phi) is 4.34. The Morgan fingerprint density at radius 2 is 2.05 bits per heavy atom. The van der Waals surface area contributed by atoms with Crippen molar-refractivity contribution in [2.75, 3.05) is 13.1 Å². The number of aliphatic hydroxyl groups is 1. The minimum atomic E-state index is -0.534. The van der Waals surface area contributed by atoms with E-state index in [4.69, 9.17) is 0 Å². The first-order valence-corrected chi connectivity index (χ1v) is 8.87. The zero-order chi connectivity index (χ0) is 14.9. The number of nitrogens with zero attached hydrogens (tertiary/aromatic N) is 1. The van der Waals surface area contributed by atoms with E-state index in [0.29, 0.717) is 6.04 Å². The zero-order valence-electron chi connectivity index (χ0n) is 13.0. The summed E-state index contributed by atoms with van der Waals surface area (Å²) in [6, 6.07) is 9.11. The molecule has 1 aliphatic heterocycles. The molecule has 3 heteroatoms. The van der Waals surface area contributed by atoms with E-state index in [0.717, 1.165) is 38.8 Å². The molecule has 2 aromatic rings. The van der Waals surface area contributed by atoms with Gasteiger partial charge in [0.2, 0.25) is 0 Å². The smallest absolute Gasteiger partial charge is 0.0701 e. The normalized spacial score (nSPS) is 24.6. The summed E-state index contributed by atoms with van der Waals surface area (Å²) in [7, 11) is 0. The van der Waals surface area contributed by atoms with E-state index in [1.54, 1.807) is 11.3 Å². The minimum absolute atomic E-state index is 0.534. The van der Waals surface area contributed by atoms with Gasteiger partial charge in [-0.25, -0.2) is 0 Å². The molecule has 114 valence electrons. The lowest BCUT2D eigenvalue weighted by Gasteiger charge is -2.28. The second-order valence-corrected chi connectivity index (χ2v) is 7.55. The molecule has 1 N–H and O–H groups in total. The molecular weight excluding hydrogens is 278 g/mol. The molecule has 0 amide bonds. The third-order valence-corrected chi connectivity index (χ3v) is 5.78. The van der Waals surface area contributed by atoms with Crippen molar-refractivity contribution in [1.29, 1.82) is 0 Å². The highest BCUT2D eigenvalue weighted by Crippen LogP contribution is 2.32. The predicted molar refractivity (Wildman–Crippen MR) is 91.0 cm³/mol. The van der Waals surface area contributed by atoms with Gasteiger partial charge in [-0.3, -0.25) is 0 Å². The van der Waals surface area contributed by atoms with Crippen LogP contribution in [0.25, 0.3) is 10.1 Å². The molecule has 0 bridgehead atoms. The van der Waals surface area contributed by atoms with Crippen LogP contribution in [0.1, 0.15) is 38.7 Å². The van der Waals surface area contributed by atoms with Crippen LogP contribution >= 0.6 is 11.3 Å². The van der Waals surface area contributed by atoms with Gasteiger partial charge in [-0.05, 0) is 62.1 Å². The molecule has 1 aliphatic rings. The molecule has 0 saturated carbocycles. The first kappa shape index (κ1) is 15.0. The summed E-state index contributed by atoms with van der Waals surface area (Å²) in [4.78, 5) is 2.49. The van der Waals surface area contributed by atoms with Gasteiger partial charge in [0.1, 0.15) is 0 Å². The highest BCUT2D eigenvalue weighted by Gasteiger charge is 2.31. The maximum atomic E-state index is 11.1. The summed E-state index contributed by atoms with van der Waals surface area (Å²) in [6.45, 7) is 6.62. The molecule has 1 aromatic heterocycles. The summed E-state index contributed by atoms with van der Waals surface area (Å²) in [5.41, 5.74) is 0.782. The second kappa shape index (κ2) is 6.07. The first-order chi connectivity index (χ1) is 10.1. The van der Waals surface area contributed by atoms with Crippen molar-refractivity contribution < 1.29 is 5.11 Å². The SMILES string of the molecule is CC(C)N1CCCC(O)(Cc2csc3ccccc23)CC1. The van der Waals surface area contributed by atoms with Crippen LogP contribution in [0.4, 0.5) is 0 Å². The number of likely N-dealkylation sites (tertiary alicyclic amines) is 1. The fourth-order valence-electron chi connectivity index (χ4n) is 3.42. The van der Waals surface area contributed by atoms with Crippen LogP contribution in [0.5, 0.6) is 0 Å². The van der Waals surface area contributed by atoms with Crippen molar-refractivity contribution in [1.82, 2.24) is 4.90 Å². The highest BCUT2D eigenvalue weighted by molar-refractivity contribution is 7.17. The van der Waals surface area contributed by atoms with E-state index in [2.05, 4.69) is 48.4 Å². The molecule has 1 aromatic carbocycles. The fourth-order valence-corrected chi connectivity index (χ4v) is 4.38. The summed E-state index contributed by atoms with van der Waals surface area (Å²) < 4.78 is 1.33. The summed E-state index contributed by atoms with van der Waals surface area (Å²) in [5, 5.41) is 14.6. The molecule has 0 spiro atoms. The lowest BCUT2D eigenvalue weighted by molar-refractivity contribution is 0.0252. The van der Waals surface area contributed by atoms with E-state index in [1.807, 2.05) is 0 Å².